The van der Waals surface area contributed by atoms with Crippen LogP contribution in [0.5, 0.6) is 0 Å². The lowest BCUT2D eigenvalue weighted by Gasteiger charge is -2.27. The summed E-state index contributed by atoms with van der Waals surface area (Å²) in [6.45, 7) is 4.23. The maximum atomic E-state index is 11.9. The van der Waals surface area contributed by atoms with Gasteiger partial charge in [-0.25, -0.2) is 0 Å². The fourth-order valence-corrected chi connectivity index (χ4v) is 1.86. The van der Waals surface area contributed by atoms with E-state index in [1.807, 2.05) is 7.05 Å². The Bertz CT molecular complexity index is 201. The smallest absolute Gasteiger partial charge is 0.226 e. The molecule has 0 aromatic carbocycles. The van der Waals surface area contributed by atoms with Gasteiger partial charge in [0.15, 0.2) is 0 Å². The van der Waals surface area contributed by atoms with E-state index in [-0.39, 0.29) is 17.9 Å². The number of rotatable bonds is 4. The fraction of sp³-hybridized carbons (Fsp3) is 0.909. The molecule has 4 nitrogen and oxygen atoms in total. The Balaban J connectivity index is 2.30. The Morgan fingerprint density at radius 2 is 2.40 bits per heavy atom. The monoisotopic (exact) mass is 214 g/mol. The molecule has 88 valence electrons. The second-order valence-corrected chi connectivity index (χ2v) is 4.44. The van der Waals surface area contributed by atoms with E-state index in [4.69, 9.17) is 5.11 Å². The van der Waals surface area contributed by atoms with Gasteiger partial charge in [0.2, 0.25) is 5.91 Å². The molecule has 1 saturated heterocycles. The van der Waals surface area contributed by atoms with Gasteiger partial charge >= 0.3 is 0 Å². The molecule has 0 saturated carbocycles. The summed E-state index contributed by atoms with van der Waals surface area (Å²) in [4.78, 5) is 13.7. The molecule has 4 heteroatoms. The molecule has 0 bridgehead atoms. The molecule has 1 rings (SSSR count). The first kappa shape index (κ1) is 12.5. The quantitative estimate of drug-likeness (QED) is 0.703. The molecular formula is C11H22N2O2. The average Bonchev–Trinajstić information content (AvgIpc) is 2.26. The molecule has 2 N–H and O–H groups in total. The van der Waals surface area contributed by atoms with E-state index < -0.39 is 0 Å². The zero-order valence-electron chi connectivity index (χ0n) is 9.70. The van der Waals surface area contributed by atoms with Crippen LogP contribution in [0.3, 0.4) is 0 Å². The van der Waals surface area contributed by atoms with Crippen molar-refractivity contribution in [3.63, 3.8) is 0 Å². The van der Waals surface area contributed by atoms with Gasteiger partial charge < -0.3 is 15.3 Å². The molecular weight excluding hydrogens is 192 g/mol. The highest BCUT2D eigenvalue weighted by Crippen LogP contribution is 2.12. The molecule has 1 unspecified atom stereocenters. The van der Waals surface area contributed by atoms with Crippen molar-refractivity contribution in [2.75, 3.05) is 26.7 Å². The van der Waals surface area contributed by atoms with Crippen LogP contribution in [0.15, 0.2) is 0 Å². The van der Waals surface area contributed by atoms with Crippen LogP contribution in [-0.2, 0) is 4.79 Å². The molecule has 1 heterocycles. The maximum absolute atomic E-state index is 11.9. The minimum Gasteiger partial charge on any atom is -0.393 e. The third-order valence-corrected chi connectivity index (χ3v) is 2.90. The first-order valence-electron chi connectivity index (χ1n) is 5.75. The summed E-state index contributed by atoms with van der Waals surface area (Å²) < 4.78 is 0. The average molecular weight is 214 g/mol. The molecule has 1 amide bonds. The van der Waals surface area contributed by atoms with Gasteiger partial charge in [-0.2, -0.15) is 0 Å². The zero-order valence-corrected chi connectivity index (χ0v) is 9.70. The van der Waals surface area contributed by atoms with Crippen molar-refractivity contribution in [1.82, 2.24) is 10.2 Å². The van der Waals surface area contributed by atoms with Gasteiger partial charge in [-0.1, -0.05) is 0 Å². The van der Waals surface area contributed by atoms with Gasteiger partial charge in [-0.15, -0.1) is 0 Å². The van der Waals surface area contributed by atoms with Crippen LogP contribution in [0.2, 0.25) is 0 Å². The summed E-state index contributed by atoms with van der Waals surface area (Å²) >= 11 is 0. The second-order valence-electron chi connectivity index (χ2n) is 4.44. The van der Waals surface area contributed by atoms with E-state index >= 15 is 0 Å². The summed E-state index contributed by atoms with van der Waals surface area (Å²) in [6.07, 6.45) is 2.40. The predicted octanol–water partition coefficient (Wildman–Crippen LogP) is 0.215. The molecule has 0 radical (unpaired) electrons. The van der Waals surface area contributed by atoms with E-state index in [2.05, 4.69) is 5.32 Å². The van der Waals surface area contributed by atoms with E-state index in [0.29, 0.717) is 13.0 Å². The van der Waals surface area contributed by atoms with Gasteiger partial charge in [-0.05, 0) is 32.7 Å². The number of piperidine rings is 1. The number of nitrogens with one attached hydrogen (secondary N) is 1. The number of nitrogens with zero attached hydrogens (tertiary/aromatic N) is 1. The predicted molar refractivity (Wildman–Crippen MR) is 59.5 cm³/mol. The summed E-state index contributed by atoms with van der Waals surface area (Å²) in [5.41, 5.74) is 0. The largest absolute Gasteiger partial charge is 0.393 e. The molecule has 15 heavy (non-hydrogen) atoms. The Morgan fingerprint density at radius 3 is 2.93 bits per heavy atom. The van der Waals surface area contributed by atoms with Gasteiger partial charge in [0.1, 0.15) is 0 Å². The van der Waals surface area contributed by atoms with Crippen LogP contribution in [0.4, 0.5) is 0 Å². The highest BCUT2D eigenvalue weighted by molar-refractivity contribution is 5.78. The van der Waals surface area contributed by atoms with Crippen molar-refractivity contribution < 1.29 is 9.90 Å². The molecule has 2 atom stereocenters. The lowest BCUT2D eigenvalue weighted by atomic mass is 9.98. The Kier molecular flexibility index (Phi) is 5.05. The first-order valence-corrected chi connectivity index (χ1v) is 5.75. The number of carbonyl (C=O) groups is 1. The second kappa shape index (κ2) is 6.08. The highest BCUT2D eigenvalue weighted by atomic mass is 16.3. The van der Waals surface area contributed by atoms with E-state index in [1.165, 1.54) is 0 Å². The van der Waals surface area contributed by atoms with Crippen molar-refractivity contribution >= 4 is 5.91 Å². The molecule has 0 aliphatic carbocycles. The number of amides is 1. The van der Waals surface area contributed by atoms with Crippen LogP contribution < -0.4 is 5.32 Å². The molecule has 0 aromatic rings. The van der Waals surface area contributed by atoms with Gasteiger partial charge in [-0.3, -0.25) is 4.79 Å². The lowest BCUT2D eigenvalue weighted by Crippen LogP contribution is -2.42. The highest BCUT2D eigenvalue weighted by Gasteiger charge is 2.23. The van der Waals surface area contributed by atoms with E-state index in [1.54, 1.807) is 11.8 Å². The van der Waals surface area contributed by atoms with Gasteiger partial charge in [0.05, 0.1) is 12.0 Å². The van der Waals surface area contributed by atoms with Crippen molar-refractivity contribution in [3.05, 3.63) is 0 Å². The summed E-state index contributed by atoms with van der Waals surface area (Å²) in [7, 11) is 1.82. The number of carbonyl (C=O) groups excluding carboxylic acids is 1. The lowest BCUT2D eigenvalue weighted by molar-refractivity contribution is -0.134. The number of aliphatic hydroxyl groups is 1. The zero-order chi connectivity index (χ0) is 11.3. The number of hydrogen-bond acceptors (Lipinski definition) is 3. The van der Waals surface area contributed by atoms with Crippen LogP contribution in [0, 0.1) is 5.92 Å². The Morgan fingerprint density at radius 1 is 1.67 bits per heavy atom. The van der Waals surface area contributed by atoms with E-state index in [0.717, 1.165) is 25.9 Å². The summed E-state index contributed by atoms with van der Waals surface area (Å²) in [6, 6.07) is 0. The van der Waals surface area contributed by atoms with Crippen LogP contribution in [0.25, 0.3) is 0 Å². The molecule has 0 aromatic heterocycles. The van der Waals surface area contributed by atoms with Gasteiger partial charge in [0.25, 0.3) is 0 Å². The van der Waals surface area contributed by atoms with Crippen molar-refractivity contribution in [3.8, 4) is 0 Å². The normalized spacial score (nSPS) is 23.5. The van der Waals surface area contributed by atoms with Crippen LogP contribution in [-0.4, -0.2) is 48.7 Å². The maximum Gasteiger partial charge on any atom is 0.226 e. The first-order chi connectivity index (χ1) is 7.11. The number of hydrogen-bond donors (Lipinski definition) is 2. The van der Waals surface area contributed by atoms with Crippen molar-refractivity contribution in [1.29, 1.82) is 0 Å². The minimum absolute atomic E-state index is 0.137. The standard InChI is InChI=1S/C11H22N2O2/c1-9(14)5-7-13(2)11(15)10-4-3-6-12-8-10/h9-10,12,14H,3-8H2,1-2H3/t9?,10-/m0/s1. The topological polar surface area (TPSA) is 52.6 Å². The fourth-order valence-electron chi connectivity index (χ4n) is 1.86. The third-order valence-electron chi connectivity index (χ3n) is 2.90. The van der Waals surface area contributed by atoms with Crippen molar-refractivity contribution in [2.24, 2.45) is 5.92 Å². The molecule has 1 aliphatic heterocycles. The van der Waals surface area contributed by atoms with E-state index in [9.17, 15) is 4.79 Å². The Labute approximate surface area is 91.6 Å². The molecule has 1 fully saturated rings. The summed E-state index contributed by atoms with van der Waals surface area (Å²) in [5.74, 6) is 0.348. The SMILES string of the molecule is CC(O)CCN(C)C(=O)[C@H]1CCCNC1. The van der Waals surface area contributed by atoms with Crippen LogP contribution in [0.1, 0.15) is 26.2 Å². The van der Waals surface area contributed by atoms with Gasteiger partial charge in [0, 0.05) is 20.1 Å². The Hall–Kier alpha value is -0.610. The molecule has 1 aliphatic rings. The van der Waals surface area contributed by atoms with Crippen LogP contribution >= 0.6 is 0 Å². The number of aliphatic hydroxyl groups excluding tert-OH is 1. The molecule has 0 spiro atoms. The van der Waals surface area contributed by atoms with Crippen molar-refractivity contribution in [2.45, 2.75) is 32.3 Å². The minimum atomic E-state index is -0.329. The summed E-state index contributed by atoms with van der Waals surface area (Å²) in [5, 5.41) is 12.4. The third kappa shape index (κ3) is 4.18.